The van der Waals surface area contributed by atoms with E-state index in [0.717, 1.165) is 36.2 Å². The lowest BCUT2D eigenvalue weighted by Crippen LogP contribution is -2.36. The molecule has 1 aliphatic carbocycles. The highest BCUT2D eigenvalue weighted by Gasteiger charge is 2.26. The molecule has 186 valence electrons. The normalized spacial score (nSPS) is 17.4. The van der Waals surface area contributed by atoms with E-state index in [-0.39, 0.29) is 16.6 Å². The standard InChI is InChI=1S/C25H31N5O3S2/c31-25(30-13-5-2-6-14-30)20-10-9-19(27-16-18-7-3-1-4-8-18)15-22(20)29-35(32,33)24-21-17-28-34-23(21)11-12-26-24/h9-12,15,17-18,27,29H,1-8,13-14,16H2. The average molecular weight is 514 g/mol. The summed E-state index contributed by atoms with van der Waals surface area (Å²) in [6.45, 7) is 2.22. The summed E-state index contributed by atoms with van der Waals surface area (Å²) >= 11 is 1.22. The molecule has 3 heterocycles. The molecule has 1 amide bonds. The molecule has 2 N–H and O–H groups in total. The fourth-order valence-corrected chi connectivity index (χ4v) is 6.94. The first kappa shape index (κ1) is 24.0. The Labute approximate surface area is 210 Å². The molecular weight excluding hydrogens is 482 g/mol. The molecule has 1 aliphatic heterocycles. The Balaban J connectivity index is 1.45. The molecule has 0 radical (unpaired) electrons. The molecule has 1 saturated heterocycles. The third kappa shape index (κ3) is 5.43. The highest BCUT2D eigenvalue weighted by Crippen LogP contribution is 2.30. The zero-order chi connectivity index (χ0) is 24.3. The summed E-state index contributed by atoms with van der Waals surface area (Å²) in [6.07, 6.45) is 12.3. The fourth-order valence-electron chi connectivity index (χ4n) is 5.02. The smallest absolute Gasteiger partial charge is 0.280 e. The van der Waals surface area contributed by atoms with Gasteiger partial charge in [-0.3, -0.25) is 9.52 Å². The third-order valence-corrected chi connectivity index (χ3v) is 9.04. The summed E-state index contributed by atoms with van der Waals surface area (Å²) in [5.74, 6) is 0.469. The Morgan fingerprint density at radius 3 is 2.63 bits per heavy atom. The van der Waals surface area contributed by atoms with Crippen molar-refractivity contribution in [1.29, 1.82) is 0 Å². The lowest BCUT2D eigenvalue weighted by molar-refractivity contribution is 0.0725. The molecule has 0 bridgehead atoms. The number of hydrogen-bond donors (Lipinski definition) is 2. The van der Waals surface area contributed by atoms with Crippen molar-refractivity contribution in [3.05, 3.63) is 42.2 Å². The van der Waals surface area contributed by atoms with E-state index in [0.29, 0.717) is 30.0 Å². The molecule has 2 aromatic heterocycles. The molecule has 0 spiro atoms. The molecule has 5 rings (SSSR count). The second-order valence-electron chi connectivity index (χ2n) is 9.46. The number of anilines is 2. The number of piperidine rings is 1. The van der Waals surface area contributed by atoms with Gasteiger partial charge in [0.15, 0.2) is 5.03 Å². The molecule has 1 aromatic carbocycles. The Kier molecular flexibility index (Phi) is 7.19. The molecule has 10 heteroatoms. The first-order valence-electron chi connectivity index (χ1n) is 12.4. The van der Waals surface area contributed by atoms with Crippen LogP contribution in [0, 0.1) is 5.92 Å². The zero-order valence-electron chi connectivity index (χ0n) is 19.7. The van der Waals surface area contributed by atoms with E-state index in [9.17, 15) is 13.2 Å². The number of fused-ring (bicyclic) bond motifs is 1. The van der Waals surface area contributed by atoms with Crippen LogP contribution in [0.25, 0.3) is 10.1 Å². The molecule has 2 fully saturated rings. The quantitative estimate of drug-likeness (QED) is 0.455. The minimum Gasteiger partial charge on any atom is -0.385 e. The van der Waals surface area contributed by atoms with Gasteiger partial charge in [-0.25, -0.2) is 4.98 Å². The number of rotatable bonds is 7. The number of sulfonamides is 1. The maximum atomic E-state index is 13.4. The van der Waals surface area contributed by atoms with Crippen LogP contribution in [0.15, 0.2) is 41.7 Å². The van der Waals surface area contributed by atoms with E-state index < -0.39 is 10.0 Å². The number of likely N-dealkylation sites (tertiary alicyclic amines) is 1. The number of nitrogens with one attached hydrogen (secondary N) is 2. The highest BCUT2D eigenvalue weighted by molar-refractivity contribution is 7.92. The van der Waals surface area contributed by atoms with Crippen molar-refractivity contribution in [2.45, 2.75) is 56.4 Å². The molecule has 2 aliphatic rings. The molecule has 1 saturated carbocycles. The van der Waals surface area contributed by atoms with Gasteiger partial charge in [-0.15, -0.1) is 0 Å². The van der Waals surface area contributed by atoms with Gasteiger partial charge in [0.05, 0.1) is 27.5 Å². The maximum Gasteiger partial charge on any atom is 0.280 e. The van der Waals surface area contributed by atoms with Crippen LogP contribution in [-0.2, 0) is 10.0 Å². The predicted octanol–water partition coefficient (Wildman–Crippen LogP) is 5.11. The number of pyridine rings is 1. The molecule has 3 aromatic rings. The number of benzene rings is 1. The summed E-state index contributed by atoms with van der Waals surface area (Å²) < 4.78 is 34.4. The summed E-state index contributed by atoms with van der Waals surface area (Å²) in [5.41, 5.74) is 1.43. The van der Waals surface area contributed by atoms with Crippen molar-refractivity contribution in [2.24, 2.45) is 5.92 Å². The number of nitrogens with zero attached hydrogens (tertiary/aromatic N) is 3. The summed E-state index contributed by atoms with van der Waals surface area (Å²) in [5, 5.41) is 3.86. The van der Waals surface area contributed by atoms with Gasteiger partial charge < -0.3 is 10.2 Å². The van der Waals surface area contributed by atoms with Crippen molar-refractivity contribution in [1.82, 2.24) is 14.3 Å². The molecule has 0 atom stereocenters. The van der Waals surface area contributed by atoms with Crippen molar-refractivity contribution >= 4 is 48.9 Å². The van der Waals surface area contributed by atoms with Crippen molar-refractivity contribution in [3.63, 3.8) is 0 Å². The van der Waals surface area contributed by atoms with Gasteiger partial charge in [0.2, 0.25) is 0 Å². The monoisotopic (exact) mass is 513 g/mol. The number of amides is 1. The topological polar surface area (TPSA) is 104 Å². The van der Waals surface area contributed by atoms with Crippen LogP contribution in [0.5, 0.6) is 0 Å². The van der Waals surface area contributed by atoms with Gasteiger partial charge in [-0.2, -0.15) is 12.8 Å². The molecule has 8 nitrogen and oxygen atoms in total. The number of carbonyl (C=O) groups is 1. The van der Waals surface area contributed by atoms with Crippen LogP contribution < -0.4 is 10.0 Å². The largest absolute Gasteiger partial charge is 0.385 e. The van der Waals surface area contributed by atoms with E-state index in [1.807, 2.05) is 11.0 Å². The SMILES string of the molecule is O=C(c1ccc(NCC2CCCCC2)cc1NS(=O)(=O)c1nccc2sncc12)N1CCCCC1. The number of hydrogen-bond acceptors (Lipinski definition) is 7. The van der Waals surface area contributed by atoms with Crippen LogP contribution >= 0.6 is 11.5 Å². The second-order valence-corrected chi connectivity index (χ2v) is 11.9. The lowest BCUT2D eigenvalue weighted by Gasteiger charge is -2.28. The van der Waals surface area contributed by atoms with Crippen LogP contribution in [0.3, 0.4) is 0 Å². The molecule has 0 unspecified atom stereocenters. The van der Waals surface area contributed by atoms with Crippen molar-refractivity contribution in [3.8, 4) is 0 Å². The highest BCUT2D eigenvalue weighted by atomic mass is 32.2. The van der Waals surface area contributed by atoms with E-state index in [1.165, 1.54) is 56.0 Å². The van der Waals surface area contributed by atoms with Crippen molar-refractivity contribution < 1.29 is 13.2 Å². The van der Waals surface area contributed by atoms with E-state index >= 15 is 0 Å². The third-order valence-electron chi connectivity index (χ3n) is 6.96. The van der Waals surface area contributed by atoms with Gasteiger partial charge in [-0.1, -0.05) is 19.3 Å². The van der Waals surface area contributed by atoms with Crippen molar-refractivity contribution in [2.75, 3.05) is 29.7 Å². The first-order valence-corrected chi connectivity index (χ1v) is 14.7. The van der Waals surface area contributed by atoms with Gasteiger partial charge in [0.25, 0.3) is 15.9 Å². The average Bonchev–Trinajstić information content (AvgIpc) is 3.37. The fraction of sp³-hybridized carbons (Fsp3) is 0.480. The second kappa shape index (κ2) is 10.5. The minimum absolute atomic E-state index is 0.0827. The summed E-state index contributed by atoms with van der Waals surface area (Å²) in [6, 6.07) is 7.09. The van der Waals surface area contributed by atoms with Crippen LogP contribution in [-0.4, -0.2) is 48.2 Å². The lowest BCUT2D eigenvalue weighted by atomic mass is 9.89. The maximum absolute atomic E-state index is 13.4. The Bertz CT molecular complexity index is 1300. The zero-order valence-corrected chi connectivity index (χ0v) is 21.3. The number of carbonyl (C=O) groups excluding carboxylic acids is 1. The van der Waals surface area contributed by atoms with Crippen LogP contribution in [0.4, 0.5) is 11.4 Å². The Hall–Kier alpha value is -2.72. The minimum atomic E-state index is -4.04. The van der Waals surface area contributed by atoms with E-state index in [4.69, 9.17) is 0 Å². The predicted molar refractivity (Wildman–Crippen MR) is 139 cm³/mol. The molecular formula is C25H31N5O3S2. The summed E-state index contributed by atoms with van der Waals surface area (Å²) in [4.78, 5) is 19.3. The van der Waals surface area contributed by atoms with Crippen LogP contribution in [0.1, 0.15) is 61.7 Å². The Morgan fingerprint density at radius 2 is 1.83 bits per heavy atom. The van der Waals surface area contributed by atoms with Gasteiger partial charge in [0.1, 0.15) is 0 Å². The Morgan fingerprint density at radius 1 is 1.06 bits per heavy atom. The van der Waals surface area contributed by atoms with Gasteiger partial charge in [0, 0.05) is 31.5 Å². The van der Waals surface area contributed by atoms with E-state index in [1.54, 1.807) is 18.2 Å². The first-order chi connectivity index (χ1) is 17.0. The van der Waals surface area contributed by atoms with Gasteiger partial charge >= 0.3 is 0 Å². The summed E-state index contributed by atoms with van der Waals surface area (Å²) in [7, 11) is -4.04. The van der Waals surface area contributed by atoms with Crippen LogP contribution in [0.2, 0.25) is 0 Å². The molecule has 35 heavy (non-hydrogen) atoms. The number of aromatic nitrogens is 2. The van der Waals surface area contributed by atoms with Gasteiger partial charge in [-0.05, 0) is 73.8 Å². The van der Waals surface area contributed by atoms with E-state index in [2.05, 4.69) is 19.4 Å².